The van der Waals surface area contributed by atoms with E-state index in [2.05, 4.69) is 19.9 Å². The predicted molar refractivity (Wildman–Crippen MR) is 71.8 cm³/mol. The molecule has 0 aliphatic heterocycles. The van der Waals surface area contributed by atoms with Gasteiger partial charge in [0.05, 0.1) is 4.92 Å². The maximum atomic E-state index is 11.3. The van der Waals surface area contributed by atoms with E-state index in [4.69, 9.17) is 17.3 Å². The minimum atomic E-state index is -0.627. The molecule has 0 spiro atoms. The van der Waals surface area contributed by atoms with E-state index in [0.29, 0.717) is 0 Å². The van der Waals surface area contributed by atoms with Gasteiger partial charge in [-0.2, -0.15) is 0 Å². The Morgan fingerprint density at radius 3 is 2.75 bits per heavy atom. The van der Waals surface area contributed by atoms with Gasteiger partial charge in [0.2, 0.25) is 5.28 Å². The van der Waals surface area contributed by atoms with Crippen LogP contribution < -0.4 is 11.3 Å². The zero-order chi connectivity index (χ0) is 14.9. The van der Waals surface area contributed by atoms with E-state index in [-0.39, 0.29) is 32.7 Å². The highest BCUT2D eigenvalue weighted by molar-refractivity contribution is 7.99. The Morgan fingerprint density at radius 2 is 2.15 bits per heavy atom. The summed E-state index contributed by atoms with van der Waals surface area (Å²) in [5.41, 5.74) is 4.77. The van der Waals surface area contributed by atoms with Gasteiger partial charge in [0.1, 0.15) is 11.5 Å². The van der Waals surface area contributed by atoms with Gasteiger partial charge in [-0.05, 0) is 30.3 Å². The number of anilines is 1. The van der Waals surface area contributed by atoms with Gasteiger partial charge in [-0.3, -0.25) is 14.9 Å². The van der Waals surface area contributed by atoms with E-state index in [1.54, 1.807) is 0 Å². The Labute approximate surface area is 120 Å². The number of aryl methyl sites for hydroxylation is 1. The first-order valence-electron chi connectivity index (χ1n) is 5.10. The van der Waals surface area contributed by atoms with Crippen molar-refractivity contribution in [3.8, 4) is 0 Å². The van der Waals surface area contributed by atoms with Crippen molar-refractivity contribution < 1.29 is 4.92 Å². The summed E-state index contributed by atoms with van der Waals surface area (Å²) in [6.45, 7) is 1.44. The van der Waals surface area contributed by atoms with E-state index in [1.807, 2.05) is 0 Å². The largest absolute Gasteiger partial charge is 0.383 e. The quantitative estimate of drug-likeness (QED) is 0.372. The lowest BCUT2D eigenvalue weighted by molar-refractivity contribution is -0.389. The zero-order valence-electron chi connectivity index (χ0n) is 9.95. The highest BCUT2D eigenvalue weighted by Gasteiger charge is 2.23. The van der Waals surface area contributed by atoms with Crippen LogP contribution in [0.15, 0.2) is 21.0 Å². The summed E-state index contributed by atoms with van der Waals surface area (Å²) < 4.78 is 0. The normalized spacial score (nSPS) is 10.5. The van der Waals surface area contributed by atoms with Gasteiger partial charge in [0.15, 0.2) is 10.2 Å². The molecule has 0 amide bonds. The summed E-state index contributed by atoms with van der Waals surface area (Å²) in [5, 5.41) is 10.9. The summed E-state index contributed by atoms with van der Waals surface area (Å²) in [4.78, 5) is 35.4. The molecule has 0 unspecified atom stereocenters. The van der Waals surface area contributed by atoms with Gasteiger partial charge in [0.25, 0.3) is 5.56 Å². The number of rotatable bonds is 3. The molecule has 0 saturated carbocycles. The topological polar surface area (TPSA) is 141 Å². The number of nitro groups is 1. The smallest absolute Gasteiger partial charge is 0.322 e. The van der Waals surface area contributed by atoms with Crippen molar-refractivity contribution in [1.29, 1.82) is 0 Å². The monoisotopic (exact) mass is 314 g/mol. The van der Waals surface area contributed by atoms with Crippen LogP contribution in [0.2, 0.25) is 5.28 Å². The van der Waals surface area contributed by atoms with Crippen molar-refractivity contribution in [2.45, 2.75) is 17.1 Å². The minimum absolute atomic E-state index is 0.00391. The molecule has 104 valence electrons. The first-order valence-corrected chi connectivity index (χ1v) is 6.29. The second-order valence-corrected chi connectivity index (χ2v) is 4.88. The standard InChI is InChI=1S/C9H7ClN6O3S/c1-3-6(16(18)19)7(15-8(10)12-3)20-9-13-4(11)2-5(17)14-9/h2H,1H3,(H3,11,13,14,17). The molecule has 11 heteroatoms. The van der Waals surface area contributed by atoms with Crippen LogP contribution in [0, 0.1) is 17.0 Å². The van der Waals surface area contributed by atoms with Crippen LogP contribution in [-0.4, -0.2) is 24.9 Å². The average Bonchev–Trinajstić information content (AvgIpc) is 2.25. The van der Waals surface area contributed by atoms with Crippen molar-refractivity contribution in [1.82, 2.24) is 19.9 Å². The molecule has 20 heavy (non-hydrogen) atoms. The van der Waals surface area contributed by atoms with Crippen molar-refractivity contribution in [2.24, 2.45) is 0 Å². The number of nitrogens with one attached hydrogen (secondary N) is 1. The highest BCUT2D eigenvalue weighted by atomic mass is 35.5. The maximum Gasteiger partial charge on any atom is 0.322 e. The van der Waals surface area contributed by atoms with Crippen molar-refractivity contribution in [2.75, 3.05) is 5.73 Å². The molecular weight excluding hydrogens is 308 g/mol. The van der Waals surface area contributed by atoms with Crippen LogP contribution in [0.25, 0.3) is 0 Å². The van der Waals surface area contributed by atoms with Gasteiger partial charge in [-0.25, -0.2) is 15.0 Å². The molecule has 0 radical (unpaired) electrons. The molecule has 0 bridgehead atoms. The number of aromatic amines is 1. The van der Waals surface area contributed by atoms with Gasteiger partial charge in [-0.15, -0.1) is 0 Å². The molecule has 0 atom stereocenters. The molecule has 2 aromatic rings. The number of hydrogen-bond donors (Lipinski definition) is 2. The average molecular weight is 315 g/mol. The van der Waals surface area contributed by atoms with Crippen molar-refractivity contribution in [3.63, 3.8) is 0 Å². The molecule has 2 rings (SSSR count). The van der Waals surface area contributed by atoms with Crippen LogP contribution >= 0.6 is 23.4 Å². The molecule has 0 aliphatic carbocycles. The lowest BCUT2D eigenvalue weighted by Gasteiger charge is -2.04. The van der Waals surface area contributed by atoms with E-state index in [9.17, 15) is 14.9 Å². The second-order valence-electron chi connectivity index (χ2n) is 3.57. The summed E-state index contributed by atoms with van der Waals surface area (Å²) in [6, 6.07) is 1.09. The lowest BCUT2D eigenvalue weighted by atomic mass is 10.4. The molecule has 9 nitrogen and oxygen atoms in total. The summed E-state index contributed by atoms with van der Waals surface area (Å²) in [5.74, 6) is -0.00391. The zero-order valence-corrected chi connectivity index (χ0v) is 11.5. The Bertz CT molecular complexity index is 749. The van der Waals surface area contributed by atoms with Gasteiger partial charge in [0, 0.05) is 6.07 Å². The number of hydrogen-bond acceptors (Lipinski definition) is 8. The predicted octanol–water partition coefficient (Wildman–Crippen LogP) is 1.16. The number of nitrogens with two attached hydrogens (primary N) is 1. The van der Waals surface area contributed by atoms with E-state index < -0.39 is 10.5 Å². The SMILES string of the molecule is Cc1nc(Cl)nc(Sc2nc(N)cc(=O)[nH]2)c1[N+](=O)[O-]. The van der Waals surface area contributed by atoms with Crippen molar-refractivity contribution in [3.05, 3.63) is 37.5 Å². The summed E-state index contributed by atoms with van der Waals surface area (Å²) in [6.07, 6.45) is 0. The van der Waals surface area contributed by atoms with Gasteiger partial charge >= 0.3 is 5.69 Å². The van der Waals surface area contributed by atoms with Crippen LogP contribution in [-0.2, 0) is 0 Å². The number of aromatic nitrogens is 4. The molecule has 0 saturated heterocycles. The fraction of sp³-hybridized carbons (Fsp3) is 0.111. The van der Waals surface area contributed by atoms with Gasteiger partial charge < -0.3 is 10.7 Å². The third-order valence-electron chi connectivity index (χ3n) is 2.11. The third kappa shape index (κ3) is 3.03. The molecule has 0 fully saturated rings. The molecule has 0 aromatic carbocycles. The van der Waals surface area contributed by atoms with E-state index in [0.717, 1.165) is 17.8 Å². The highest BCUT2D eigenvalue weighted by Crippen LogP contribution is 2.33. The van der Waals surface area contributed by atoms with E-state index in [1.165, 1.54) is 6.92 Å². The first kappa shape index (κ1) is 14.2. The summed E-state index contributed by atoms with van der Waals surface area (Å²) in [7, 11) is 0. The Kier molecular flexibility index (Phi) is 3.86. The maximum absolute atomic E-state index is 11.3. The van der Waals surface area contributed by atoms with Crippen molar-refractivity contribution >= 4 is 34.9 Å². The third-order valence-corrected chi connectivity index (χ3v) is 3.15. The first-order chi connectivity index (χ1) is 9.36. The molecule has 0 aliphatic rings. The molecular formula is C9H7ClN6O3S. The molecule has 3 N–H and O–H groups in total. The number of nitrogens with zero attached hydrogens (tertiary/aromatic N) is 4. The Morgan fingerprint density at radius 1 is 1.45 bits per heavy atom. The lowest BCUT2D eigenvalue weighted by Crippen LogP contribution is -2.09. The fourth-order valence-electron chi connectivity index (χ4n) is 1.38. The van der Waals surface area contributed by atoms with Crippen LogP contribution in [0.5, 0.6) is 0 Å². The van der Waals surface area contributed by atoms with Gasteiger partial charge in [-0.1, -0.05) is 0 Å². The van der Waals surface area contributed by atoms with Crippen LogP contribution in [0.3, 0.4) is 0 Å². The van der Waals surface area contributed by atoms with Crippen LogP contribution in [0.4, 0.5) is 11.5 Å². The summed E-state index contributed by atoms with van der Waals surface area (Å²) >= 11 is 6.46. The fourth-order valence-corrected chi connectivity index (χ4v) is 2.58. The minimum Gasteiger partial charge on any atom is -0.383 e. The van der Waals surface area contributed by atoms with Crippen LogP contribution in [0.1, 0.15) is 5.69 Å². The number of halogens is 1. The Hall–Kier alpha value is -2.20. The molecule has 2 aromatic heterocycles. The number of H-pyrrole nitrogens is 1. The Balaban J connectivity index is 2.52. The molecule has 2 heterocycles. The van der Waals surface area contributed by atoms with E-state index >= 15 is 0 Å². The second kappa shape index (κ2) is 5.43. The number of nitrogen functional groups attached to an aromatic ring is 1.